The lowest BCUT2D eigenvalue weighted by Gasteiger charge is -2.37. The molecule has 3 heterocycles. The van der Waals surface area contributed by atoms with Gasteiger partial charge >= 0.3 is 0 Å². The van der Waals surface area contributed by atoms with Gasteiger partial charge in [-0.2, -0.15) is 4.98 Å². The average Bonchev–Trinajstić information content (AvgIpc) is 3.12. The van der Waals surface area contributed by atoms with Gasteiger partial charge in [0.25, 0.3) is 15.6 Å². The van der Waals surface area contributed by atoms with Crippen LogP contribution in [0.4, 0.5) is 5.95 Å². The third kappa shape index (κ3) is 5.88. The third-order valence-electron chi connectivity index (χ3n) is 3.65. The molecule has 0 spiro atoms. The molecule has 1 saturated heterocycles. The SMILES string of the molecule is Nc1ncc2ncn(C3CC(O)C(COP(=O)([O-])OP(=O)([O-])OP(=O)([O-])[O-])O3)c2n1. The van der Waals surface area contributed by atoms with E-state index in [0.717, 1.165) is 0 Å². The summed E-state index contributed by atoms with van der Waals surface area (Å²) in [6, 6.07) is 0. The van der Waals surface area contributed by atoms with Gasteiger partial charge in [0.15, 0.2) is 5.65 Å². The highest BCUT2D eigenvalue weighted by Crippen LogP contribution is 2.60. The first-order valence-electron chi connectivity index (χ1n) is 7.75. The molecule has 1 aliphatic heterocycles. The summed E-state index contributed by atoms with van der Waals surface area (Å²) in [5.74, 6) is -0.0444. The first kappa shape index (κ1) is 23.3. The van der Waals surface area contributed by atoms with Gasteiger partial charge in [-0.25, -0.2) is 14.3 Å². The monoisotopic (exact) mass is 487 g/mol. The van der Waals surface area contributed by atoms with E-state index in [1.54, 1.807) is 0 Å². The summed E-state index contributed by atoms with van der Waals surface area (Å²) in [5.41, 5.74) is 6.18. The number of aliphatic hydroxyl groups is 1. The van der Waals surface area contributed by atoms with Gasteiger partial charge in [-0.1, -0.05) is 0 Å². The van der Waals surface area contributed by atoms with Gasteiger partial charge in [-0.15, -0.1) is 0 Å². The lowest BCUT2D eigenvalue weighted by Crippen LogP contribution is -2.27. The molecular formula is C10H12N5O12P3-4. The molecule has 0 bridgehead atoms. The number of phosphoric ester groups is 1. The van der Waals surface area contributed by atoms with Crippen LogP contribution < -0.4 is 25.3 Å². The number of nitrogens with two attached hydrogens (primary N) is 1. The van der Waals surface area contributed by atoms with Gasteiger partial charge in [0, 0.05) is 6.42 Å². The Morgan fingerprint density at radius 3 is 2.57 bits per heavy atom. The number of fused-ring (bicyclic) bond motifs is 1. The molecule has 3 rings (SSSR count). The van der Waals surface area contributed by atoms with E-state index in [1.807, 2.05) is 0 Å². The summed E-state index contributed by atoms with van der Waals surface area (Å²) in [6.45, 7) is -0.908. The quantitative estimate of drug-likeness (QED) is 0.348. The highest BCUT2D eigenvalue weighted by molar-refractivity contribution is 7.64. The first-order chi connectivity index (χ1) is 13.7. The number of hydrogen-bond donors (Lipinski definition) is 2. The minimum atomic E-state index is -6.09. The van der Waals surface area contributed by atoms with Crippen molar-refractivity contribution in [3.8, 4) is 0 Å². The molecule has 0 saturated carbocycles. The lowest BCUT2D eigenvalue weighted by atomic mass is 10.2. The summed E-state index contributed by atoms with van der Waals surface area (Å²) in [5, 5.41) is 10.1. The Kier molecular flexibility index (Phi) is 6.47. The zero-order valence-corrected chi connectivity index (χ0v) is 17.1. The molecule has 168 valence electrons. The lowest BCUT2D eigenvalue weighted by molar-refractivity contribution is -0.339. The number of rotatable bonds is 8. The van der Waals surface area contributed by atoms with E-state index in [2.05, 4.69) is 28.1 Å². The number of imidazole rings is 1. The molecule has 0 amide bonds. The molecule has 30 heavy (non-hydrogen) atoms. The number of aromatic nitrogens is 4. The van der Waals surface area contributed by atoms with Gasteiger partial charge < -0.3 is 44.2 Å². The molecule has 3 N–H and O–H groups in total. The minimum Gasteiger partial charge on any atom is -0.790 e. The summed E-state index contributed by atoms with van der Waals surface area (Å²) in [6.07, 6.45) is -0.750. The van der Waals surface area contributed by atoms with Gasteiger partial charge in [-0.05, 0) is 0 Å². The van der Waals surface area contributed by atoms with Crippen molar-refractivity contribution < 1.29 is 56.3 Å². The summed E-state index contributed by atoms with van der Waals surface area (Å²) < 4.78 is 50.7. The second-order valence-electron chi connectivity index (χ2n) is 5.82. The fourth-order valence-corrected chi connectivity index (χ4v) is 5.40. The van der Waals surface area contributed by atoms with E-state index in [1.165, 1.54) is 17.1 Å². The van der Waals surface area contributed by atoms with E-state index < -0.39 is 48.5 Å². The van der Waals surface area contributed by atoms with Gasteiger partial charge in [-0.3, -0.25) is 18.0 Å². The van der Waals surface area contributed by atoms with Crippen molar-refractivity contribution in [3.63, 3.8) is 0 Å². The van der Waals surface area contributed by atoms with Crippen LogP contribution in [0.15, 0.2) is 12.5 Å². The number of hydrogen-bond acceptors (Lipinski definition) is 16. The van der Waals surface area contributed by atoms with E-state index in [0.29, 0.717) is 5.52 Å². The highest BCUT2D eigenvalue weighted by atomic mass is 31.3. The molecule has 5 unspecified atom stereocenters. The fraction of sp³-hybridized carbons (Fsp3) is 0.500. The van der Waals surface area contributed by atoms with Crippen LogP contribution in [-0.2, 0) is 31.6 Å². The Balaban J connectivity index is 1.64. The van der Waals surface area contributed by atoms with Crippen molar-refractivity contribution in [1.82, 2.24) is 19.5 Å². The number of aliphatic hydroxyl groups excluding tert-OH is 1. The molecule has 17 nitrogen and oxygen atoms in total. The maximum atomic E-state index is 11.6. The molecule has 1 fully saturated rings. The van der Waals surface area contributed by atoms with Crippen molar-refractivity contribution in [2.75, 3.05) is 12.3 Å². The van der Waals surface area contributed by atoms with Crippen molar-refractivity contribution in [1.29, 1.82) is 0 Å². The maximum absolute atomic E-state index is 11.6. The number of ether oxygens (including phenoxy) is 1. The topological polar surface area (TPSA) is 270 Å². The van der Waals surface area contributed by atoms with E-state index >= 15 is 0 Å². The molecule has 2 aromatic rings. The standard InChI is InChI=1S/C10H16N5O12P3/c11-10-12-2-5-9(14-10)15(4-13-5)8-1-6(16)7(25-8)3-24-29(20,21)27-30(22,23)26-28(17,18)19/h2,4,6-8,16H,1,3H2,(H,20,21)(H,22,23)(H2,11,12,14)(H2,17,18,19)/p-4. The van der Waals surface area contributed by atoms with Crippen LogP contribution in [0, 0.1) is 0 Å². The second kappa shape index (κ2) is 8.31. The van der Waals surface area contributed by atoms with Crippen molar-refractivity contribution in [2.24, 2.45) is 0 Å². The molecule has 0 aliphatic carbocycles. The fourth-order valence-electron chi connectivity index (χ4n) is 2.53. The van der Waals surface area contributed by atoms with Crippen molar-refractivity contribution in [2.45, 2.75) is 24.9 Å². The Labute approximate surface area is 166 Å². The normalized spacial score (nSPS) is 26.5. The molecule has 2 aromatic heterocycles. The van der Waals surface area contributed by atoms with E-state index in [4.69, 9.17) is 10.5 Å². The van der Waals surface area contributed by atoms with Crippen molar-refractivity contribution >= 4 is 40.6 Å². The van der Waals surface area contributed by atoms with Crippen LogP contribution in [0.5, 0.6) is 0 Å². The predicted molar refractivity (Wildman–Crippen MR) is 85.2 cm³/mol. The van der Waals surface area contributed by atoms with Crippen LogP contribution in [0.3, 0.4) is 0 Å². The largest absolute Gasteiger partial charge is 0.790 e. The van der Waals surface area contributed by atoms with E-state index in [9.17, 15) is 38.4 Å². The summed E-state index contributed by atoms with van der Waals surface area (Å²) in [7, 11) is -17.9. The van der Waals surface area contributed by atoms with Gasteiger partial charge in [0.1, 0.15) is 17.8 Å². The van der Waals surface area contributed by atoms with E-state index in [-0.39, 0.29) is 18.0 Å². The number of anilines is 1. The van der Waals surface area contributed by atoms with Crippen LogP contribution >= 0.6 is 23.5 Å². The summed E-state index contributed by atoms with van der Waals surface area (Å²) in [4.78, 5) is 55.1. The van der Waals surface area contributed by atoms with Crippen LogP contribution in [0.1, 0.15) is 12.6 Å². The summed E-state index contributed by atoms with van der Waals surface area (Å²) >= 11 is 0. The average molecular weight is 487 g/mol. The molecule has 20 heteroatoms. The Morgan fingerprint density at radius 2 is 1.90 bits per heavy atom. The second-order valence-corrected chi connectivity index (χ2v) is 10.1. The Hall–Kier alpha value is -1.32. The smallest absolute Gasteiger partial charge is 0.278 e. The molecular weight excluding hydrogens is 475 g/mol. The zero-order valence-electron chi connectivity index (χ0n) is 14.4. The number of nitrogen functional groups attached to an aromatic ring is 1. The highest BCUT2D eigenvalue weighted by Gasteiger charge is 2.37. The van der Waals surface area contributed by atoms with Crippen LogP contribution in [-0.4, -0.2) is 43.4 Å². The third-order valence-corrected chi connectivity index (χ3v) is 7.31. The Morgan fingerprint density at radius 1 is 1.20 bits per heavy atom. The minimum absolute atomic E-state index is 0.0444. The van der Waals surface area contributed by atoms with Crippen molar-refractivity contribution in [3.05, 3.63) is 12.5 Å². The molecule has 5 atom stereocenters. The predicted octanol–water partition coefficient (Wildman–Crippen LogP) is -3.13. The number of phosphoric acid groups is 3. The van der Waals surface area contributed by atoms with Gasteiger partial charge in [0.2, 0.25) is 5.95 Å². The number of nitrogens with zero attached hydrogens (tertiary/aromatic N) is 4. The molecule has 0 aromatic carbocycles. The molecule has 0 radical (unpaired) electrons. The first-order valence-corrected chi connectivity index (χ1v) is 12.1. The zero-order chi connectivity index (χ0) is 22.3. The van der Waals surface area contributed by atoms with Crippen LogP contribution in [0.2, 0.25) is 0 Å². The van der Waals surface area contributed by atoms with Crippen LogP contribution in [0.25, 0.3) is 11.2 Å². The Bertz CT molecular complexity index is 1070. The van der Waals surface area contributed by atoms with Gasteiger partial charge in [0.05, 0.1) is 33.1 Å². The maximum Gasteiger partial charge on any atom is 0.278 e. The molecule has 1 aliphatic rings.